The van der Waals surface area contributed by atoms with Crippen LogP contribution >= 0.6 is 34.4 Å². The van der Waals surface area contributed by atoms with Gasteiger partial charge in [0.25, 0.3) is 0 Å². The topological polar surface area (TPSA) is 72.8 Å². The van der Waals surface area contributed by atoms with Crippen molar-refractivity contribution in [2.75, 3.05) is 13.7 Å². The van der Waals surface area contributed by atoms with Crippen LogP contribution in [0, 0.1) is 0 Å². The van der Waals surface area contributed by atoms with Gasteiger partial charge in [-0.05, 0) is 17.9 Å². The van der Waals surface area contributed by atoms with Crippen LogP contribution in [0.4, 0.5) is 0 Å². The number of ether oxygens (including phenoxy) is 1. The predicted octanol–water partition coefficient (Wildman–Crippen LogP) is 3.09. The van der Waals surface area contributed by atoms with Gasteiger partial charge in [0.05, 0.1) is 5.69 Å². The number of aromatic nitrogens is 4. The standard InChI is InChI=1S/C14H16N4O2S3/c1-20-5-2-4-18-13(19)16-17-14(18)23-9-11-8-22-12(15-11)10-3-6-21-7-10/h3,6-8H,2,4-5,9H2,1H3,(H,16,19). The van der Waals surface area contributed by atoms with Gasteiger partial charge >= 0.3 is 5.69 Å². The maximum absolute atomic E-state index is 11.8. The van der Waals surface area contributed by atoms with Crippen LogP contribution in [0.25, 0.3) is 10.6 Å². The predicted molar refractivity (Wildman–Crippen MR) is 94.3 cm³/mol. The molecule has 0 saturated heterocycles. The minimum absolute atomic E-state index is 0.180. The number of nitrogens with one attached hydrogen (secondary N) is 1. The third kappa shape index (κ3) is 4.11. The van der Waals surface area contributed by atoms with Crippen molar-refractivity contribution in [3.8, 4) is 10.6 Å². The summed E-state index contributed by atoms with van der Waals surface area (Å²) < 4.78 is 6.68. The highest BCUT2D eigenvalue weighted by atomic mass is 32.2. The van der Waals surface area contributed by atoms with Gasteiger partial charge in [0.1, 0.15) is 5.01 Å². The lowest BCUT2D eigenvalue weighted by Crippen LogP contribution is -2.18. The van der Waals surface area contributed by atoms with E-state index in [1.165, 1.54) is 11.8 Å². The molecule has 0 spiro atoms. The Labute approximate surface area is 145 Å². The Morgan fingerprint density at radius 1 is 1.43 bits per heavy atom. The second-order valence-corrected chi connectivity index (χ2v) is 7.33. The Hall–Kier alpha value is -1.42. The molecule has 23 heavy (non-hydrogen) atoms. The number of aromatic amines is 1. The van der Waals surface area contributed by atoms with Crippen molar-refractivity contribution in [3.63, 3.8) is 0 Å². The fraction of sp³-hybridized carbons (Fsp3) is 0.357. The largest absolute Gasteiger partial charge is 0.385 e. The van der Waals surface area contributed by atoms with Crippen LogP contribution in [-0.2, 0) is 17.0 Å². The smallest absolute Gasteiger partial charge is 0.343 e. The average molecular weight is 369 g/mol. The third-order valence-corrected chi connectivity index (χ3v) is 5.76. The zero-order chi connectivity index (χ0) is 16.1. The molecule has 0 aromatic carbocycles. The summed E-state index contributed by atoms with van der Waals surface area (Å²) in [7, 11) is 1.65. The summed E-state index contributed by atoms with van der Waals surface area (Å²) in [4.78, 5) is 16.4. The molecule has 0 fully saturated rings. The first-order chi connectivity index (χ1) is 11.3. The van der Waals surface area contributed by atoms with Crippen molar-refractivity contribution in [2.24, 2.45) is 0 Å². The van der Waals surface area contributed by atoms with E-state index in [0.29, 0.717) is 24.1 Å². The molecule has 3 heterocycles. The average Bonchev–Trinajstić information content (AvgIpc) is 3.27. The van der Waals surface area contributed by atoms with Gasteiger partial charge in [-0.25, -0.2) is 14.9 Å². The zero-order valence-corrected chi connectivity index (χ0v) is 15.0. The van der Waals surface area contributed by atoms with Crippen molar-refractivity contribution >= 4 is 34.4 Å². The van der Waals surface area contributed by atoms with E-state index in [1.807, 2.05) is 5.38 Å². The van der Waals surface area contributed by atoms with E-state index in [0.717, 1.165) is 22.7 Å². The summed E-state index contributed by atoms with van der Waals surface area (Å²) in [5.41, 5.74) is 1.98. The molecule has 0 bridgehead atoms. The number of hydrogen-bond donors (Lipinski definition) is 1. The third-order valence-electron chi connectivity index (χ3n) is 3.12. The molecule has 0 saturated carbocycles. The maximum Gasteiger partial charge on any atom is 0.343 e. The van der Waals surface area contributed by atoms with Gasteiger partial charge in [-0.2, -0.15) is 11.3 Å². The molecule has 0 atom stereocenters. The SMILES string of the molecule is COCCCn1c(SCc2csc(-c3ccsc3)n2)n[nH]c1=O. The highest BCUT2D eigenvalue weighted by Crippen LogP contribution is 2.28. The van der Waals surface area contributed by atoms with Crippen LogP contribution in [0.3, 0.4) is 0 Å². The van der Waals surface area contributed by atoms with Gasteiger partial charge in [-0.3, -0.25) is 4.57 Å². The maximum atomic E-state index is 11.8. The van der Waals surface area contributed by atoms with Crippen LogP contribution in [-0.4, -0.2) is 33.5 Å². The van der Waals surface area contributed by atoms with Crippen LogP contribution in [0.1, 0.15) is 12.1 Å². The Morgan fingerprint density at radius 3 is 3.13 bits per heavy atom. The molecule has 9 heteroatoms. The minimum atomic E-state index is -0.180. The van der Waals surface area contributed by atoms with E-state index in [9.17, 15) is 4.79 Å². The minimum Gasteiger partial charge on any atom is -0.385 e. The van der Waals surface area contributed by atoms with Crippen LogP contribution < -0.4 is 5.69 Å². The summed E-state index contributed by atoms with van der Waals surface area (Å²) in [5, 5.41) is 14.5. The molecule has 0 aliphatic heterocycles. The number of nitrogens with zero attached hydrogens (tertiary/aromatic N) is 3. The van der Waals surface area contributed by atoms with Crippen LogP contribution in [0.2, 0.25) is 0 Å². The van der Waals surface area contributed by atoms with Gasteiger partial charge in [0, 0.05) is 42.3 Å². The van der Waals surface area contributed by atoms with E-state index in [4.69, 9.17) is 4.74 Å². The molecule has 0 unspecified atom stereocenters. The van der Waals surface area contributed by atoms with Crippen molar-refractivity contribution in [2.45, 2.75) is 23.9 Å². The van der Waals surface area contributed by atoms with Crippen LogP contribution in [0.5, 0.6) is 0 Å². The second-order valence-electron chi connectivity index (χ2n) is 4.75. The molecular formula is C14H16N4O2S3. The van der Waals surface area contributed by atoms with E-state index < -0.39 is 0 Å². The molecule has 0 radical (unpaired) electrons. The lowest BCUT2D eigenvalue weighted by Gasteiger charge is -2.04. The molecule has 0 amide bonds. The van der Waals surface area contributed by atoms with Crippen molar-refractivity contribution in [1.82, 2.24) is 19.7 Å². The first kappa shape index (κ1) is 16.4. The Kier molecular flexibility index (Phi) is 5.65. The molecule has 3 aromatic rings. The molecule has 1 N–H and O–H groups in total. The van der Waals surface area contributed by atoms with Crippen molar-refractivity contribution in [3.05, 3.63) is 38.4 Å². The van der Waals surface area contributed by atoms with Gasteiger partial charge in [-0.1, -0.05) is 11.8 Å². The van der Waals surface area contributed by atoms with Crippen molar-refractivity contribution in [1.29, 1.82) is 0 Å². The summed E-state index contributed by atoms with van der Waals surface area (Å²) in [6.45, 7) is 1.22. The number of methoxy groups -OCH3 is 1. The summed E-state index contributed by atoms with van der Waals surface area (Å²) in [5.74, 6) is 0.690. The molecular weight excluding hydrogens is 352 g/mol. The van der Waals surface area contributed by atoms with E-state index >= 15 is 0 Å². The molecule has 0 aliphatic carbocycles. The van der Waals surface area contributed by atoms with Gasteiger partial charge in [0.15, 0.2) is 5.16 Å². The van der Waals surface area contributed by atoms with Gasteiger partial charge < -0.3 is 4.74 Å². The fourth-order valence-corrected chi connectivity index (χ4v) is 4.51. The summed E-state index contributed by atoms with van der Waals surface area (Å²) in [6.07, 6.45) is 0.780. The van der Waals surface area contributed by atoms with Crippen LogP contribution in [0.15, 0.2) is 32.2 Å². The molecule has 3 rings (SSSR count). The summed E-state index contributed by atoms with van der Waals surface area (Å²) >= 11 is 4.82. The quantitative estimate of drug-likeness (QED) is 0.489. The fourth-order valence-electron chi connectivity index (χ4n) is 2.01. The molecule has 3 aromatic heterocycles. The zero-order valence-electron chi connectivity index (χ0n) is 12.5. The number of rotatable bonds is 8. The number of hydrogen-bond acceptors (Lipinski definition) is 7. The molecule has 6 nitrogen and oxygen atoms in total. The normalized spacial score (nSPS) is 11.2. The first-order valence-electron chi connectivity index (χ1n) is 7.02. The van der Waals surface area contributed by atoms with E-state index in [1.54, 1.807) is 34.4 Å². The van der Waals surface area contributed by atoms with E-state index in [-0.39, 0.29) is 5.69 Å². The second kappa shape index (κ2) is 7.91. The van der Waals surface area contributed by atoms with Gasteiger partial charge in [-0.15, -0.1) is 16.4 Å². The highest BCUT2D eigenvalue weighted by molar-refractivity contribution is 7.98. The lowest BCUT2D eigenvalue weighted by molar-refractivity contribution is 0.189. The Balaban J connectivity index is 1.63. The first-order valence-corrected chi connectivity index (χ1v) is 9.82. The highest BCUT2D eigenvalue weighted by Gasteiger charge is 2.11. The monoisotopic (exact) mass is 368 g/mol. The van der Waals surface area contributed by atoms with Gasteiger partial charge in [0.2, 0.25) is 0 Å². The number of H-pyrrole nitrogens is 1. The number of thiophene rings is 1. The van der Waals surface area contributed by atoms with E-state index in [2.05, 4.69) is 32.0 Å². The Morgan fingerprint density at radius 2 is 2.35 bits per heavy atom. The Bertz CT molecular complexity index is 791. The molecule has 0 aliphatic rings. The number of thioether (sulfide) groups is 1. The summed E-state index contributed by atoms with van der Waals surface area (Å²) in [6, 6.07) is 2.07. The lowest BCUT2D eigenvalue weighted by atomic mass is 10.4. The molecule has 122 valence electrons. The number of thiazole rings is 1. The van der Waals surface area contributed by atoms with Crippen molar-refractivity contribution < 1.29 is 4.74 Å².